The molecular weight excluding hydrogens is 329 g/mol. The van der Waals surface area contributed by atoms with Gasteiger partial charge in [-0.05, 0) is 48.4 Å². The van der Waals surface area contributed by atoms with Crippen molar-refractivity contribution in [2.75, 3.05) is 5.32 Å². The molecule has 0 fully saturated rings. The standard InChI is InChI=1S/C15H10Cl3N3/c1-8-6-11(17)13(7-10(8)16)19-14-9-4-2-3-5-12(9)20-15(18)21-14/h2-7H,1H3,(H,19,20,21). The van der Waals surface area contributed by atoms with Crippen molar-refractivity contribution in [2.45, 2.75) is 6.92 Å². The Balaban J connectivity index is 2.12. The Kier molecular flexibility index (Phi) is 3.89. The van der Waals surface area contributed by atoms with Gasteiger partial charge in [0.05, 0.1) is 16.2 Å². The third-order valence-electron chi connectivity index (χ3n) is 3.08. The molecule has 21 heavy (non-hydrogen) atoms. The van der Waals surface area contributed by atoms with E-state index in [9.17, 15) is 0 Å². The summed E-state index contributed by atoms with van der Waals surface area (Å²) in [6, 6.07) is 11.2. The van der Waals surface area contributed by atoms with E-state index >= 15 is 0 Å². The van der Waals surface area contributed by atoms with Crippen LogP contribution < -0.4 is 5.32 Å². The molecule has 0 saturated carbocycles. The number of halogens is 3. The molecule has 3 nitrogen and oxygen atoms in total. The van der Waals surface area contributed by atoms with E-state index in [4.69, 9.17) is 34.8 Å². The molecule has 1 heterocycles. The van der Waals surface area contributed by atoms with E-state index in [1.807, 2.05) is 31.2 Å². The van der Waals surface area contributed by atoms with E-state index in [1.165, 1.54) is 0 Å². The average molecular weight is 339 g/mol. The number of para-hydroxylation sites is 1. The molecule has 3 rings (SSSR count). The van der Waals surface area contributed by atoms with E-state index < -0.39 is 0 Å². The number of aryl methyl sites for hydroxylation is 1. The third-order valence-corrected chi connectivity index (χ3v) is 3.97. The predicted molar refractivity (Wildman–Crippen MR) is 89.0 cm³/mol. The van der Waals surface area contributed by atoms with Crippen molar-refractivity contribution < 1.29 is 0 Å². The predicted octanol–water partition coefficient (Wildman–Crippen LogP) is 5.64. The maximum absolute atomic E-state index is 6.24. The van der Waals surface area contributed by atoms with Gasteiger partial charge in [0.25, 0.3) is 0 Å². The van der Waals surface area contributed by atoms with Crippen LogP contribution in [0.2, 0.25) is 15.3 Å². The molecule has 6 heteroatoms. The molecule has 0 saturated heterocycles. The van der Waals surface area contributed by atoms with Crippen LogP contribution in [0.5, 0.6) is 0 Å². The van der Waals surface area contributed by atoms with Gasteiger partial charge in [-0.1, -0.05) is 35.3 Å². The molecule has 0 aliphatic carbocycles. The highest BCUT2D eigenvalue weighted by atomic mass is 35.5. The number of fused-ring (bicyclic) bond motifs is 1. The van der Waals surface area contributed by atoms with Crippen LogP contribution in [0.1, 0.15) is 5.56 Å². The number of hydrogen-bond acceptors (Lipinski definition) is 3. The normalized spacial score (nSPS) is 10.9. The first-order chi connectivity index (χ1) is 10.0. The highest BCUT2D eigenvalue weighted by Gasteiger charge is 2.10. The number of benzene rings is 2. The number of aromatic nitrogens is 2. The molecule has 0 atom stereocenters. The molecule has 0 bridgehead atoms. The molecule has 0 amide bonds. The van der Waals surface area contributed by atoms with Crippen LogP contribution >= 0.6 is 34.8 Å². The molecule has 1 N–H and O–H groups in total. The summed E-state index contributed by atoms with van der Waals surface area (Å²) in [7, 11) is 0. The first kappa shape index (κ1) is 14.4. The lowest BCUT2D eigenvalue weighted by molar-refractivity contribution is 1.22. The smallest absolute Gasteiger partial charge is 0.224 e. The fourth-order valence-corrected chi connectivity index (χ4v) is 2.62. The second-order valence-corrected chi connectivity index (χ2v) is 5.72. The summed E-state index contributed by atoms with van der Waals surface area (Å²) < 4.78 is 0. The monoisotopic (exact) mass is 337 g/mol. The zero-order chi connectivity index (χ0) is 15.0. The van der Waals surface area contributed by atoms with Gasteiger partial charge < -0.3 is 5.32 Å². The first-order valence-corrected chi connectivity index (χ1v) is 7.33. The topological polar surface area (TPSA) is 37.8 Å². The van der Waals surface area contributed by atoms with Gasteiger partial charge in [0.15, 0.2) is 0 Å². The Hall–Kier alpha value is -1.55. The summed E-state index contributed by atoms with van der Waals surface area (Å²) in [6.45, 7) is 1.90. The van der Waals surface area contributed by atoms with Crippen molar-refractivity contribution >= 4 is 57.2 Å². The molecule has 0 radical (unpaired) electrons. The Bertz CT molecular complexity index is 834. The quantitative estimate of drug-likeness (QED) is 0.614. The summed E-state index contributed by atoms with van der Waals surface area (Å²) in [5.41, 5.74) is 2.35. The molecule has 0 aliphatic heterocycles. The van der Waals surface area contributed by atoms with Gasteiger partial charge in [-0.3, -0.25) is 0 Å². The number of hydrogen-bond donors (Lipinski definition) is 1. The van der Waals surface area contributed by atoms with E-state index in [-0.39, 0.29) is 5.28 Å². The van der Waals surface area contributed by atoms with E-state index in [0.29, 0.717) is 21.6 Å². The van der Waals surface area contributed by atoms with Crippen LogP contribution in [0, 0.1) is 6.92 Å². The van der Waals surface area contributed by atoms with Gasteiger partial charge in [0, 0.05) is 10.4 Å². The number of anilines is 2. The summed E-state index contributed by atoms with van der Waals surface area (Å²) in [5, 5.41) is 5.40. The van der Waals surface area contributed by atoms with Gasteiger partial charge in [-0.2, -0.15) is 4.98 Å². The van der Waals surface area contributed by atoms with Crippen LogP contribution in [0.3, 0.4) is 0 Å². The first-order valence-electron chi connectivity index (χ1n) is 6.19. The van der Waals surface area contributed by atoms with Crippen LogP contribution in [0.25, 0.3) is 10.9 Å². The Morgan fingerprint density at radius 2 is 1.71 bits per heavy atom. The molecular formula is C15H10Cl3N3. The van der Waals surface area contributed by atoms with Crippen LogP contribution in [0.4, 0.5) is 11.5 Å². The van der Waals surface area contributed by atoms with Crippen LogP contribution in [0.15, 0.2) is 36.4 Å². The fraction of sp³-hybridized carbons (Fsp3) is 0.0667. The van der Waals surface area contributed by atoms with Gasteiger partial charge in [0.1, 0.15) is 5.82 Å². The highest BCUT2D eigenvalue weighted by molar-refractivity contribution is 6.36. The van der Waals surface area contributed by atoms with Gasteiger partial charge in [0.2, 0.25) is 5.28 Å². The lowest BCUT2D eigenvalue weighted by Gasteiger charge is -2.12. The molecule has 106 valence electrons. The van der Waals surface area contributed by atoms with Gasteiger partial charge >= 0.3 is 0 Å². The summed E-state index contributed by atoms with van der Waals surface area (Å²) >= 11 is 18.4. The van der Waals surface area contributed by atoms with Crippen molar-refractivity contribution in [3.05, 3.63) is 57.3 Å². The lowest BCUT2D eigenvalue weighted by atomic mass is 10.2. The Morgan fingerprint density at radius 1 is 0.952 bits per heavy atom. The number of nitrogens with one attached hydrogen (secondary N) is 1. The van der Waals surface area contributed by atoms with Crippen LogP contribution in [-0.4, -0.2) is 9.97 Å². The zero-order valence-electron chi connectivity index (χ0n) is 11.0. The van der Waals surface area contributed by atoms with E-state index in [2.05, 4.69) is 15.3 Å². The van der Waals surface area contributed by atoms with E-state index in [1.54, 1.807) is 12.1 Å². The number of nitrogens with zero attached hydrogens (tertiary/aromatic N) is 2. The number of rotatable bonds is 2. The average Bonchev–Trinajstić information content (AvgIpc) is 2.44. The minimum absolute atomic E-state index is 0.172. The largest absolute Gasteiger partial charge is 0.338 e. The second kappa shape index (κ2) is 5.68. The third kappa shape index (κ3) is 2.91. The molecule has 2 aromatic carbocycles. The van der Waals surface area contributed by atoms with Crippen molar-refractivity contribution in [2.24, 2.45) is 0 Å². The van der Waals surface area contributed by atoms with Crippen LogP contribution in [-0.2, 0) is 0 Å². The highest BCUT2D eigenvalue weighted by Crippen LogP contribution is 2.32. The van der Waals surface area contributed by atoms with E-state index in [0.717, 1.165) is 16.5 Å². The summed E-state index contributed by atoms with van der Waals surface area (Å²) in [4.78, 5) is 8.42. The van der Waals surface area contributed by atoms with Gasteiger partial charge in [-0.15, -0.1) is 0 Å². The fourth-order valence-electron chi connectivity index (χ4n) is 2.01. The second-order valence-electron chi connectivity index (χ2n) is 4.56. The summed E-state index contributed by atoms with van der Waals surface area (Å²) in [5.74, 6) is 0.590. The Morgan fingerprint density at radius 3 is 2.52 bits per heavy atom. The minimum Gasteiger partial charge on any atom is -0.338 e. The Labute approximate surface area is 136 Å². The van der Waals surface area contributed by atoms with Gasteiger partial charge in [-0.25, -0.2) is 4.98 Å². The SMILES string of the molecule is Cc1cc(Cl)c(Nc2nc(Cl)nc3ccccc23)cc1Cl. The molecule has 0 aliphatic rings. The maximum atomic E-state index is 6.24. The molecule has 0 unspecified atom stereocenters. The lowest BCUT2D eigenvalue weighted by Crippen LogP contribution is -1.98. The molecule has 3 aromatic rings. The van der Waals surface area contributed by atoms with Crippen molar-refractivity contribution in [1.82, 2.24) is 9.97 Å². The van der Waals surface area contributed by atoms with Crippen molar-refractivity contribution in [1.29, 1.82) is 0 Å². The minimum atomic E-state index is 0.172. The molecule has 0 spiro atoms. The maximum Gasteiger partial charge on any atom is 0.224 e. The summed E-state index contributed by atoms with van der Waals surface area (Å²) in [6.07, 6.45) is 0. The van der Waals surface area contributed by atoms with Crippen molar-refractivity contribution in [3.63, 3.8) is 0 Å². The molecule has 1 aromatic heterocycles. The zero-order valence-corrected chi connectivity index (χ0v) is 13.3. The van der Waals surface area contributed by atoms with Crippen molar-refractivity contribution in [3.8, 4) is 0 Å².